The van der Waals surface area contributed by atoms with Gasteiger partial charge >= 0.3 is 0 Å². The third-order valence-corrected chi connectivity index (χ3v) is 5.99. The van der Waals surface area contributed by atoms with Gasteiger partial charge in [0, 0.05) is 33.0 Å². The monoisotopic (exact) mass is 424 g/mol. The van der Waals surface area contributed by atoms with Crippen molar-refractivity contribution in [2.45, 2.75) is 24.1 Å². The highest BCUT2D eigenvalue weighted by Crippen LogP contribution is 2.28. The summed E-state index contributed by atoms with van der Waals surface area (Å²) in [6.07, 6.45) is 0. The minimum absolute atomic E-state index is 0.0353. The van der Waals surface area contributed by atoms with Crippen LogP contribution in [0.5, 0.6) is 0 Å². The van der Waals surface area contributed by atoms with Gasteiger partial charge in [0.05, 0.1) is 19.0 Å². The molecule has 0 unspecified atom stereocenters. The molecule has 154 valence electrons. The predicted molar refractivity (Wildman–Crippen MR) is 115 cm³/mol. The molecule has 7 nitrogen and oxygen atoms in total. The molecule has 1 N–H and O–H groups in total. The average Bonchev–Trinajstić information content (AvgIpc) is 3.14. The van der Waals surface area contributed by atoms with Crippen molar-refractivity contribution < 1.29 is 14.3 Å². The number of methoxy groups -OCH3 is 2. The summed E-state index contributed by atoms with van der Waals surface area (Å²) in [6, 6.07) is 8.29. The molecule has 1 amide bonds. The van der Waals surface area contributed by atoms with Gasteiger partial charge < -0.3 is 19.7 Å². The second kappa shape index (κ2) is 12.0. The molecule has 0 saturated carbocycles. The number of amides is 1. The Morgan fingerprint density at radius 1 is 1.14 bits per heavy atom. The van der Waals surface area contributed by atoms with E-state index in [1.807, 2.05) is 12.1 Å². The van der Waals surface area contributed by atoms with E-state index >= 15 is 0 Å². The summed E-state index contributed by atoms with van der Waals surface area (Å²) in [5.41, 5.74) is 2.27. The standard InChI is InChI=1S/C19H28N4O3S2/c1-14(2)15-5-7-16(8-6-15)20-18-21-22-19(28-18)27-13-17(24)23(9-11-25-3)10-12-26-4/h5-8,14H,9-13H2,1-4H3,(H,20,21). The van der Waals surface area contributed by atoms with Gasteiger partial charge in [0.1, 0.15) is 0 Å². The van der Waals surface area contributed by atoms with Gasteiger partial charge in [0.2, 0.25) is 11.0 Å². The maximum atomic E-state index is 12.4. The van der Waals surface area contributed by atoms with Crippen LogP contribution in [0.15, 0.2) is 28.6 Å². The Hall–Kier alpha value is -1.68. The molecule has 0 aliphatic rings. The highest BCUT2D eigenvalue weighted by atomic mass is 32.2. The number of rotatable bonds is 12. The second-order valence-corrected chi connectivity index (χ2v) is 8.63. The van der Waals surface area contributed by atoms with E-state index in [9.17, 15) is 4.79 Å². The van der Waals surface area contributed by atoms with Gasteiger partial charge in [0.25, 0.3) is 0 Å². The zero-order chi connectivity index (χ0) is 20.4. The molecule has 0 aliphatic heterocycles. The molecule has 2 aromatic rings. The van der Waals surface area contributed by atoms with Crippen LogP contribution < -0.4 is 5.32 Å². The quantitative estimate of drug-likeness (QED) is 0.522. The molecule has 2 rings (SSSR count). The lowest BCUT2D eigenvalue weighted by atomic mass is 10.0. The number of carbonyl (C=O) groups excluding carboxylic acids is 1. The van der Waals surface area contributed by atoms with Crippen LogP contribution in [-0.4, -0.2) is 67.3 Å². The number of carbonyl (C=O) groups is 1. The Balaban J connectivity index is 1.86. The molecule has 0 aliphatic carbocycles. The maximum absolute atomic E-state index is 12.4. The van der Waals surface area contributed by atoms with Gasteiger partial charge in [-0.3, -0.25) is 4.79 Å². The largest absolute Gasteiger partial charge is 0.383 e. The first-order valence-corrected chi connectivity index (χ1v) is 10.9. The Kier molecular flexibility index (Phi) is 9.69. The van der Waals surface area contributed by atoms with Crippen LogP contribution in [0.3, 0.4) is 0 Å². The third kappa shape index (κ3) is 7.38. The van der Waals surface area contributed by atoms with E-state index in [0.717, 1.165) is 10.0 Å². The number of anilines is 2. The van der Waals surface area contributed by atoms with Crippen molar-refractivity contribution in [2.75, 3.05) is 51.6 Å². The van der Waals surface area contributed by atoms with Crippen molar-refractivity contribution in [3.05, 3.63) is 29.8 Å². The van der Waals surface area contributed by atoms with Gasteiger partial charge in [0.15, 0.2) is 4.34 Å². The summed E-state index contributed by atoms with van der Waals surface area (Å²) in [6.45, 7) is 6.45. The Labute approximate surface area is 174 Å². The number of nitrogens with one attached hydrogen (secondary N) is 1. The number of hydrogen-bond donors (Lipinski definition) is 1. The minimum Gasteiger partial charge on any atom is -0.383 e. The zero-order valence-electron chi connectivity index (χ0n) is 16.8. The van der Waals surface area contributed by atoms with Crippen molar-refractivity contribution >= 4 is 39.8 Å². The van der Waals surface area contributed by atoms with Crippen molar-refractivity contribution in [3.8, 4) is 0 Å². The lowest BCUT2D eigenvalue weighted by Crippen LogP contribution is -2.37. The first kappa shape index (κ1) is 22.6. The summed E-state index contributed by atoms with van der Waals surface area (Å²) in [5, 5.41) is 12.3. The van der Waals surface area contributed by atoms with Crippen molar-refractivity contribution in [3.63, 3.8) is 0 Å². The molecule has 0 fully saturated rings. The van der Waals surface area contributed by atoms with E-state index in [1.54, 1.807) is 19.1 Å². The summed E-state index contributed by atoms with van der Waals surface area (Å²) < 4.78 is 10.9. The van der Waals surface area contributed by atoms with E-state index < -0.39 is 0 Å². The number of hydrogen-bond acceptors (Lipinski definition) is 8. The first-order valence-electron chi connectivity index (χ1n) is 9.12. The number of ether oxygens (including phenoxy) is 2. The highest BCUT2D eigenvalue weighted by molar-refractivity contribution is 8.01. The summed E-state index contributed by atoms with van der Waals surface area (Å²) in [4.78, 5) is 14.2. The van der Waals surface area contributed by atoms with Gasteiger partial charge in [-0.15, -0.1) is 10.2 Å². The molecule has 0 spiro atoms. The molecular weight excluding hydrogens is 396 g/mol. The zero-order valence-corrected chi connectivity index (χ0v) is 18.4. The second-order valence-electron chi connectivity index (χ2n) is 6.43. The van der Waals surface area contributed by atoms with Crippen LogP contribution in [0, 0.1) is 0 Å². The molecule has 0 atom stereocenters. The topological polar surface area (TPSA) is 76.6 Å². The van der Waals surface area contributed by atoms with E-state index in [2.05, 4.69) is 41.5 Å². The maximum Gasteiger partial charge on any atom is 0.233 e. The number of aromatic nitrogens is 2. The molecule has 1 heterocycles. The Morgan fingerprint density at radius 3 is 2.36 bits per heavy atom. The van der Waals surface area contributed by atoms with E-state index in [0.29, 0.717) is 43.1 Å². The molecule has 9 heteroatoms. The molecule has 0 radical (unpaired) electrons. The Morgan fingerprint density at radius 2 is 1.79 bits per heavy atom. The molecule has 28 heavy (non-hydrogen) atoms. The number of nitrogens with zero attached hydrogens (tertiary/aromatic N) is 3. The minimum atomic E-state index is 0.0353. The van der Waals surface area contributed by atoms with E-state index in [-0.39, 0.29) is 5.91 Å². The average molecular weight is 425 g/mol. The molecule has 1 aromatic heterocycles. The van der Waals surface area contributed by atoms with Gasteiger partial charge in [-0.25, -0.2) is 0 Å². The van der Waals surface area contributed by atoms with Crippen molar-refractivity contribution in [1.29, 1.82) is 0 Å². The van der Waals surface area contributed by atoms with Crippen molar-refractivity contribution in [1.82, 2.24) is 15.1 Å². The fraction of sp³-hybridized carbons (Fsp3) is 0.526. The van der Waals surface area contributed by atoms with Gasteiger partial charge in [-0.1, -0.05) is 49.1 Å². The van der Waals surface area contributed by atoms with Crippen LogP contribution in [0.1, 0.15) is 25.3 Å². The molecule has 0 bridgehead atoms. The van der Waals surface area contributed by atoms with Crippen LogP contribution in [0.2, 0.25) is 0 Å². The predicted octanol–water partition coefficient (Wildman–Crippen LogP) is 3.62. The summed E-state index contributed by atoms with van der Waals surface area (Å²) in [7, 11) is 3.25. The lowest BCUT2D eigenvalue weighted by molar-refractivity contribution is -0.129. The highest BCUT2D eigenvalue weighted by Gasteiger charge is 2.15. The summed E-state index contributed by atoms with van der Waals surface area (Å²) >= 11 is 2.83. The first-order chi connectivity index (χ1) is 13.5. The molecular formula is C19H28N4O3S2. The summed E-state index contributed by atoms with van der Waals surface area (Å²) in [5.74, 6) is 0.849. The normalized spacial score (nSPS) is 11.0. The smallest absolute Gasteiger partial charge is 0.233 e. The van der Waals surface area contributed by atoms with E-state index in [4.69, 9.17) is 9.47 Å². The van der Waals surface area contributed by atoms with E-state index in [1.165, 1.54) is 28.7 Å². The molecule has 0 saturated heterocycles. The van der Waals surface area contributed by atoms with Crippen LogP contribution in [0.4, 0.5) is 10.8 Å². The van der Waals surface area contributed by atoms with Crippen LogP contribution in [0.25, 0.3) is 0 Å². The fourth-order valence-electron chi connectivity index (χ4n) is 2.37. The number of benzene rings is 1. The molecule has 1 aromatic carbocycles. The number of thioether (sulfide) groups is 1. The van der Waals surface area contributed by atoms with Crippen LogP contribution >= 0.6 is 23.1 Å². The third-order valence-electron chi connectivity index (χ3n) is 4.04. The van der Waals surface area contributed by atoms with Gasteiger partial charge in [-0.05, 0) is 23.6 Å². The van der Waals surface area contributed by atoms with Crippen LogP contribution in [-0.2, 0) is 14.3 Å². The van der Waals surface area contributed by atoms with Crippen molar-refractivity contribution in [2.24, 2.45) is 0 Å². The lowest BCUT2D eigenvalue weighted by Gasteiger charge is -2.21. The SMILES string of the molecule is COCCN(CCOC)C(=O)CSc1nnc(Nc2ccc(C(C)C)cc2)s1. The van der Waals surface area contributed by atoms with Gasteiger partial charge in [-0.2, -0.15) is 0 Å². The Bertz CT molecular complexity index is 714. The fourth-order valence-corrected chi connectivity index (χ4v) is 4.05.